The molecule has 0 saturated carbocycles. The van der Waals surface area contributed by atoms with Crippen LogP contribution in [0.1, 0.15) is 19.3 Å². The van der Waals surface area contributed by atoms with Gasteiger partial charge >= 0.3 is 0 Å². The van der Waals surface area contributed by atoms with Gasteiger partial charge in [0.15, 0.2) is 0 Å². The Kier molecular flexibility index (Phi) is 2.86. The fraction of sp³-hybridized carbons (Fsp3) is 1.00. The zero-order valence-corrected chi connectivity index (χ0v) is 8.00. The van der Waals surface area contributed by atoms with E-state index in [0.717, 1.165) is 45.7 Å². The van der Waals surface area contributed by atoms with Crippen LogP contribution in [0.25, 0.3) is 0 Å². The van der Waals surface area contributed by atoms with Gasteiger partial charge in [0.05, 0.1) is 13.2 Å². The second kappa shape index (κ2) is 3.95. The monoisotopic (exact) mass is 186 g/mol. The van der Waals surface area contributed by atoms with Crippen molar-refractivity contribution in [1.29, 1.82) is 0 Å². The molecule has 76 valence electrons. The van der Waals surface area contributed by atoms with Crippen molar-refractivity contribution in [2.24, 2.45) is 11.3 Å². The maximum atomic E-state index is 9.36. The molecule has 2 atom stereocenters. The molecule has 2 unspecified atom stereocenters. The Bertz CT molecular complexity index is 158. The molecule has 0 radical (unpaired) electrons. The highest BCUT2D eigenvalue weighted by atomic mass is 16.5. The van der Waals surface area contributed by atoms with Crippen molar-refractivity contribution in [3.8, 4) is 0 Å². The number of hydrogen-bond acceptors (Lipinski definition) is 3. The Labute approximate surface area is 79.0 Å². The first-order valence-electron chi connectivity index (χ1n) is 5.11. The molecule has 1 N–H and O–H groups in total. The summed E-state index contributed by atoms with van der Waals surface area (Å²) in [5, 5.41) is 9.36. The molecule has 0 aromatic heterocycles. The van der Waals surface area contributed by atoms with Crippen molar-refractivity contribution in [2.75, 3.05) is 33.0 Å². The van der Waals surface area contributed by atoms with E-state index in [-0.39, 0.29) is 12.0 Å². The van der Waals surface area contributed by atoms with Gasteiger partial charge in [-0.15, -0.1) is 0 Å². The maximum Gasteiger partial charge on any atom is 0.0545 e. The molecule has 0 amide bonds. The van der Waals surface area contributed by atoms with Crippen LogP contribution >= 0.6 is 0 Å². The number of ether oxygens (including phenoxy) is 2. The molecule has 2 rings (SSSR count). The zero-order valence-electron chi connectivity index (χ0n) is 8.00. The summed E-state index contributed by atoms with van der Waals surface area (Å²) >= 11 is 0. The van der Waals surface area contributed by atoms with Gasteiger partial charge < -0.3 is 14.6 Å². The van der Waals surface area contributed by atoms with E-state index < -0.39 is 0 Å². The average Bonchev–Trinajstić information content (AvgIpc) is 2.77. The summed E-state index contributed by atoms with van der Waals surface area (Å²) in [5.41, 5.74) is 0.0539. The Morgan fingerprint density at radius 1 is 1.31 bits per heavy atom. The number of aliphatic hydroxyl groups is 1. The first-order valence-corrected chi connectivity index (χ1v) is 5.11. The number of rotatable bonds is 3. The molecular weight excluding hydrogens is 168 g/mol. The Hall–Kier alpha value is -0.120. The summed E-state index contributed by atoms with van der Waals surface area (Å²) in [6.07, 6.45) is 3.24. The number of hydrogen-bond donors (Lipinski definition) is 1. The lowest BCUT2D eigenvalue weighted by molar-refractivity contribution is 0.0688. The standard InChI is InChI=1S/C10H18O3/c11-7-10(2-4-13-8-10)5-9-1-3-12-6-9/h9,11H,1-8H2. The van der Waals surface area contributed by atoms with Gasteiger partial charge in [-0.2, -0.15) is 0 Å². The molecule has 3 heteroatoms. The van der Waals surface area contributed by atoms with Crippen molar-refractivity contribution in [3.63, 3.8) is 0 Å². The van der Waals surface area contributed by atoms with E-state index >= 15 is 0 Å². The van der Waals surface area contributed by atoms with E-state index in [9.17, 15) is 5.11 Å². The number of aliphatic hydroxyl groups excluding tert-OH is 1. The van der Waals surface area contributed by atoms with E-state index in [1.807, 2.05) is 0 Å². The second-order valence-corrected chi connectivity index (χ2v) is 4.39. The fourth-order valence-corrected chi connectivity index (χ4v) is 2.36. The molecule has 0 spiro atoms. The van der Waals surface area contributed by atoms with Crippen molar-refractivity contribution in [3.05, 3.63) is 0 Å². The lowest BCUT2D eigenvalue weighted by Gasteiger charge is -2.27. The third-order valence-electron chi connectivity index (χ3n) is 3.27. The van der Waals surface area contributed by atoms with E-state index in [4.69, 9.17) is 9.47 Å². The molecule has 0 aliphatic carbocycles. The second-order valence-electron chi connectivity index (χ2n) is 4.39. The van der Waals surface area contributed by atoms with E-state index in [1.165, 1.54) is 0 Å². The minimum Gasteiger partial charge on any atom is -0.396 e. The van der Waals surface area contributed by atoms with Gasteiger partial charge in [0.25, 0.3) is 0 Å². The SMILES string of the molecule is OCC1(CC2CCOC2)CCOC1. The predicted octanol–water partition coefficient (Wildman–Crippen LogP) is 0.812. The molecule has 2 saturated heterocycles. The van der Waals surface area contributed by atoms with Gasteiger partial charge in [-0.3, -0.25) is 0 Å². The minimum atomic E-state index is 0.0539. The summed E-state index contributed by atoms with van der Waals surface area (Å²) in [7, 11) is 0. The molecular formula is C10H18O3. The third-order valence-corrected chi connectivity index (χ3v) is 3.27. The molecule has 0 bridgehead atoms. The van der Waals surface area contributed by atoms with Crippen LogP contribution in [0.4, 0.5) is 0 Å². The van der Waals surface area contributed by atoms with Crippen LogP contribution in [0.3, 0.4) is 0 Å². The van der Waals surface area contributed by atoms with E-state index in [2.05, 4.69) is 0 Å². The van der Waals surface area contributed by atoms with Crippen molar-refractivity contribution in [2.45, 2.75) is 19.3 Å². The van der Waals surface area contributed by atoms with Crippen LogP contribution in [0.2, 0.25) is 0 Å². The topological polar surface area (TPSA) is 38.7 Å². The van der Waals surface area contributed by atoms with Gasteiger partial charge in [-0.25, -0.2) is 0 Å². The van der Waals surface area contributed by atoms with Crippen molar-refractivity contribution >= 4 is 0 Å². The third kappa shape index (κ3) is 2.03. The Morgan fingerprint density at radius 2 is 2.23 bits per heavy atom. The lowest BCUT2D eigenvalue weighted by atomic mass is 9.79. The first-order chi connectivity index (χ1) is 6.35. The Balaban J connectivity index is 1.88. The first kappa shape index (κ1) is 9.44. The summed E-state index contributed by atoms with van der Waals surface area (Å²) in [6.45, 7) is 3.59. The van der Waals surface area contributed by atoms with Crippen LogP contribution in [0.5, 0.6) is 0 Å². The van der Waals surface area contributed by atoms with Crippen LogP contribution in [-0.2, 0) is 9.47 Å². The lowest BCUT2D eigenvalue weighted by Crippen LogP contribution is -2.29. The highest BCUT2D eigenvalue weighted by molar-refractivity contribution is 4.85. The summed E-state index contributed by atoms with van der Waals surface area (Å²) in [6, 6.07) is 0. The van der Waals surface area contributed by atoms with Gasteiger partial charge in [0, 0.05) is 25.2 Å². The minimum absolute atomic E-state index is 0.0539. The summed E-state index contributed by atoms with van der Waals surface area (Å²) in [4.78, 5) is 0. The van der Waals surface area contributed by atoms with Gasteiger partial charge in [-0.05, 0) is 25.2 Å². The van der Waals surface area contributed by atoms with Gasteiger partial charge in [0.1, 0.15) is 0 Å². The fourth-order valence-electron chi connectivity index (χ4n) is 2.36. The molecule has 2 aliphatic rings. The normalized spacial score (nSPS) is 39.9. The summed E-state index contributed by atoms with van der Waals surface area (Å²) < 4.78 is 10.7. The van der Waals surface area contributed by atoms with Crippen LogP contribution in [0.15, 0.2) is 0 Å². The van der Waals surface area contributed by atoms with Gasteiger partial charge in [-0.1, -0.05) is 0 Å². The molecule has 2 fully saturated rings. The molecule has 2 heterocycles. The average molecular weight is 186 g/mol. The van der Waals surface area contributed by atoms with E-state index in [1.54, 1.807) is 0 Å². The van der Waals surface area contributed by atoms with Crippen LogP contribution < -0.4 is 0 Å². The molecule has 0 aromatic rings. The molecule has 3 nitrogen and oxygen atoms in total. The highest BCUT2D eigenvalue weighted by Gasteiger charge is 2.37. The predicted molar refractivity (Wildman–Crippen MR) is 48.5 cm³/mol. The molecule has 13 heavy (non-hydrogen) atoms. The maximum absolute atomic E-state index is 9.36. The van der Waals surface area contributed by atoms with Crippen LogP contribution in [0, 0.1) is 11.3 Å². The Morgan fingerprint density at radius 3 is 2.77 bits per heavy atom. The van der Waals surface area contributed by atoms with E-state index in [0.29, 0.717) is 5.92 Å². The van der Waals surface area contributed by atoms with Gasteiger partial charge in [0.2, 0.25) is 0 Å². The zero-order chi connectivity index (χ0) is 9.15. The van der Waals surface area contributed by atoms with Crippen LogP contribution in [-0.4, -0.2) is 38.1 Å². The van der Waals surface area contributed by atoms with Crippen molar-refractivity contribution < 1.29 is 14.6 Å². The quantitative estimate of drug-likeness (QED) is 0.709. The smallest absolute Gasteiger partial charge is 0.0545 e. The molecule has 2 aliphatic heterocycles. The van der Waals surface area contributed by atoms with Crippen molar-refractivity contribution in [1.82, 2.24) is 0 Å². The largest absolute Gasteiger partial charge is 0.396 e. The summed E-state index contributed by atoms with van der Waals surface area (Å²) in [5.74, 6) is 0.647. The molecule has 0 aromatic carbocycles. The highest BCUT2D eigenvalue weighted by Crippen LogP contribution is 2.37.